The Balaban J connectivity index is 1.79. The van der Waals surface area contributed by atoms with Crippen molar-refractivity contribution in [1.82, 2.24) is 10.2 Å². The van der Waals surface area contributed by atoms with Gasteiger partial charge < -0.3 is 30.5 Å². The largest absolute Gasteiger partial charge is 0.508 e. The van der Waals surface area contributed by atoms with Gasteiger partial charge in [0.2, 0.25) is 5.91 Å². The third-order valence-corrected chi connectivity index (χ3v) is 8.04. The normalized spacial score (nSPS) is 12.6. The minimum atomic E-state index is -1.23. The summed E-state index contributed by atoms with van der Waals surface area (Å²) in [5.41, 5.74) is 1.25. The van der Waals surface area contributed by atoms with Gasteiger partial charge in [0, 0.05) is 24.2 Å². The van der Waals surface area contributed by atoms with Crippen LogP contribution in [-0.2, 0) is 20.7 Å². The highest BCUT2D eigenvalue weighted by Gasteiger charge is 2.37. The van der Waals surface area contributed by atoms with E-state index in [0.717, 1.165) is 30.0 Å². The Morgan fingerprint density at radius 2 is 1.56 bits per heavy atom. The molecule has 0 saturated heterocycles. The van der Waals surface area contributed by atoms with E-state index in [1.807, 2.05) is 36.4 Å². The maximum Gasteiger partial charge on any atom is 0.408 e. The molecular weight excluding hydrogens is 606 g/mol. The number of alkyl carbamates (subject to hydrolysis) is 1. The lowest BCUT2D eigenvalue weighted by Gasteiger charge is -2.35. The lowest BCUT2D eigenvalue weighted by atomic mass is 9.97. The van der Waals surface area contributed by atoms with E-state index in [-0.39, 0.29) is 30.0 Å². The molecule has 254 valence electrons. The number of aromatic hydroxyl groups is 2. The first-order valence-corrected chi connectivity index (χ1v) is 16.5. The number of nitrogens with one attached hydrogen (secondary N) is 2. The highest BCUT2D eigenvalue weighted by atomic mass is 16.6. The lowest BCUT2D eigenvalue weighted by Crippen LogP contribution is -2.53. The molecule has 48 heavy (non-hydrogen) atoms. The van der Waals surface area contributed by atoms with Crippen molar-refractivity contribution in [2.75, 3.05) is 11.9 Å². The predicted octanol–water partition coefficient (Wildman–Crippen LogP) is 7.78. The van der Waals surface area contributed by atoms with Gasteiger partial charge in [-0.3, -0.25) is 9.59 Å². The van der Waals surface area contributed by atoms with Crippen LogP contribution in [0.2, 0.25) is 0 Å². The van der Waals surface area contributed by atoms with Crippen LogP contribution in [0.4, 0.5) is 10.5 Å². The molecule has 0 fully saturated rings. The van der Waals surface area contributed by atoms with E-state index >= 15 is 0 Å². The highest BCUT2D eigenvalue weighted by molar-refractivity contribution is 6.01. The molecule has 0 saturated carbocycles. The van der Waals surface area contributed by atoms with Crippen LogP contribution in [0.1, 0.15) is 76.1 Å². The van der Waals surface area contributed by atoms with Gasteiger partial charge in [0.1, 0.15) is 29.2 Å². The zero-order valence-electron chi connectivity index (χ0n) is 28.5. The summed E-state index contributed by atoms with van der Waals surface area (Å²) in [6, 6.07) is 22.5. The summed E-state index contributed by atoms with van der Waals surface area (Å²) in [7, 11) is 0. The van der Waals surface area contributed by atoms with Crippen LogP contribution < -0.4 is 10.6 Å². The van der Waals surface area contributed by atoms with Gasteiger partial charge in [-0.2, -0.15) is 0 Å². The first-order chi connectivity index (χ1) is 22.9. The average Bonchev–Trinajstić information content (AvgIpc) is 3.03. The molecule has 0 aromatic heterocycles. The molecule has 4 N–H and O–H groups in total. The second-order valence-electron chi connectivity index (χ2n) is 13.1. The van der Waals surface area contributed by atoms with E-state index in [0.29, 0.717) is 23.2 Å². The minimum absolute atomic E-state index is 0.0691. The standard InChI is InChI=1S/C39H47N3O6/c1-6-7-8-11-23-42(37(46)33(41-38(47)48-39(3,4)5)24-27-17-21-31(43)22-18-27)34(32-16-12-13-26(2)35(32)44)36(45)40-30-20-19-28-14-9-10-15-29(28)25-30/h9-10,12-22,25,33-34,43-44H,6-8,11,23-24H2,1-5H3,(H,40,45)(H,41,47). The van der Waals surface area contributed by atoms with Gasteiger partial charge in [-0.15, -0.1) is 0 Å². The summed E-state index contributed by atoms with van der Waals surface area (Å²) in [5.74, 6) is -1.03. The topological polar surface area (TPSA) is 128 Å². The fourth-order valence-corrected chi connectivity index (χ4v) is 5.62. The average molecular weight is 654 g/mol. The van der Waals surface area contributed by atoms with Crippen LogP contribution in [0.5, 0.6) is 11.5 Å². The molecule has 0 heterocycles. The van der Waals surface area contributed by atoms with Crippen LogP contribution in [0.15, 0.2) is 84.9 Å². The van der Waals surface area contributed by atoms with Crippen LogP contribution >= 0.6 is 0 Å². The van der Waals surface area contributed by atoms with Gasteiger partial charge in [0.25, 0.3) is 5.91 Å². The van der Waals surface area contributed by atoms with Gasteiger partial charge in [-0.1, -0.05) is 86.8 Å². The Morgan fingerprint density at radius 1 is 0.854 bits per heavy atom. The fourth-order valence-electron chi connectivity index (χ4n) is 5.62. The zero-order chi connectivity index (χ0) is 34.8. The van der Waals surface area contributed by atoms with Crippen LogP contribution in [0.25, 0.3) is 10.8 Å². The first-order valence-electron chi connectivity index (χ1n) is 16.5. The number of hydrogen-bond donors (Lipinski definition) is 4. The molecule has 4 aromatic rings. The lowest BCUT2D eigenvalue weighted by molar-refractivity contribution is -0.141. The summed E-state index contributed by atoms with van der Waals surface area (Å²) in [5, 5.41) is 28.9. The van der Waals surface area contributed by atoms with E-state index in [4.69, 9.17) is 4.74 Å². The van der Waals surface area contributed by atoms with E-state index in [1.165, 1.54) is 17.0 Å². The summed E-state index contributed by atoms with van der Waals surface area (Å²) >= 11 is 0. The smallest absolute Gasteiger partial charge is 0.408 e. The second kappa shape index (κ2) is 16.2. The zero-order valence-corrected chi connectivity index (χ0v) is 28.5. The van der Waals surface area contributed by atoms with Gasteiger partial charge in [0.15, 0.2) is 0 Å². The number of carbonyl (C=O) groups excluding carboxylic acids is 3. The van der Waals surface area contributed by atoms with Crippen LogP contribution in [0.3, 0.4) is 0 Å². The Bertz CT molecular complexity index is 1710. The predicted molar refractivity (Wildman–Crippen MR) is 189 cm³/mol. The third kappa shape index (κ3) is 9.73. The van der Waals surface area contributed by atoms with Gasteiger partial charge in [-0.25, -0.2) is 4.79 Å². The van der Waals surface area contributed by atoms with Crippen molar-refractivity contribution in [2.45, 2.75) is 84.4 Å². The number of fused-ring (bicyclic) bond motifs is 1. The number of benzene rings is 4. The van der Waals surface area contributed by atoms with Crippen molar-refractivity contribution in [1.29, 1.82) is 0 Å². The number of nitrogens with zero attached hydrogens (tertiary/aromatic N) is 1. The van der Waals surface area contributed by atoms with E-state index < -0.39 is 35.6 Å². The second-order valence-corrected chi connectivity index (χ2v) is 13.1. The van der Waals surface area contributed by atoms with Crippen molar-refractivity contribution in [3.63, 3.8) is 0 Å². The van der Waals surface area contributed by atoms with E-state index in [1.54, 1.807) is 64.1 Å². The number of rotatable bonds is 13. The van der Waals surface area contributed by atoms with Gasteiger partial charge in [-0.05, 0) is 80.3 Å². The number of ether oxygens (including phenoxy) is 1. The van der Waals surface area contributed by atoms with Gasteiger partial charge >= 0.3 is 6.09 Å². The number of aryl methyl sites for hydroxylation is 1. The molecule has 4 rings (SSSR count). The molecule has 9 heteroatoms. The number of carbonyl (C=O) groups is 3. The number of phenols is 2. The molecular formula is C39H47N3O6. The Labute approximate surface area is 282 Å². The maximum absolute atomic E-state index is 14.8. The van der Waals surface area contributed by atoms with Gasteiger partial charge in [0.05, 0.1) is 0 Å². The highest BCUT2D eigenvalue weighted by Crippen LogP contribution is 2.34. The molecule has 0 bridgehead atoms. The molecule has 4 aromatic carbocycles. The van der Waals surface area contributed by atoms with Crippen LogP contribution in [-0.4, -0.2) is 51.2 Å². The summed E-state index contributed by atoms with van der Waals surface area (Å²) < 4.78 is 5.53. The molecule has 3 amide bonds. The number of para-hydroxylation sites is 1. The Morgan fingerprint density at radius 3 is 2.25 bits per heavy atom. The monoisotopic (exact) mass is 653 g/mol. The van der Waals surface area contributed by atoms with Crippen molar-refractivity contribution in [2.24, 2.45) is 0 Å². The Kier molecular flexibility index (Phi) is 12.1. The number of anilines is 1. The number of amides is 3. The van der Waals surface area contributed by atoms with Crippen LogP contribution in [0, 0.1) is 6.92 Å². The van der Waals surface area contributed by atoms with Crippen molar-refractivity contribution in [3.8, 4) is 11.5 Å². The first kappa shape index (κ1) is 35.8. The molecule has 0 spiro atoms. The molecule has 0 aliphatic rings. The van der Waals surface area contributed by atoms with Crippen molar-refractivity contribution < 1.29 is 29.3 Å². The summed E-state index contributed by atoms with van der Waals surface area (Å²) in [6.07, 6.45) is 2.64. The maximum atomic E-state index is 14.8. The van der Waals surface area contributed by atoms with E-state index in [2.05, 4.69) is 17.6 Å². The molecule has 0 aliphatic carbocycles. The third-order valence-electron chi connectivity index (χ3n) is 8.04. The quantitative estimate of drug-likeness (QED) is 0.109. The molecule has 0 aliphatic heterocycles. The molecule has 9 nitrogen and oxygen atoms in total. The summed E-state index contributed by atoms with van der Waals surface area (Å²) in [6.45, 7) is 9.23. The summed E-state index contributed by atoms with van der Waals surface area (Å²) in [4.78, 5) is 43.7. The number of hydrogen-bond acceptors (Lipinski definition) is 6. The molecule has 2 unspecified atom stereocenters. The van der Waals surface area contributed by atoms with E-state index in [9.17, 15) is 24.6 Å². The molecule has 0 radical (unpaired) electrons. The minimum Gasteiger partial charge on any atom is -0.508 e. The SMILES string of the molecule is CCCCCCN(C(=O)C(Cc1ccc(O)cc1)NC(=O)OC(C)(C)C)C(C(=O)Nc1ccc2ccccc2c1)c1cccc(C)c1O. The fraction of sp³-hybridized carbons (Fsp3) is 0.359. The Hall–Kier alpha value is -5.05. The van der Waals surface area contributed by atoms with Crippen molar-refractivity contribution >= 4 is 34.4 Å². The van der Waals surface area contributed by atoms with Crippen molar-refractivity contribution in [3.05, 3.63) is 102 Å². The molecule has 2 atom stereocenters. The number of phenolic OH excluding ortho intramolecular Hbond substituents is 2. The number of unbranched alkanes of at least 4 members (excludes halogenated alkanes) is 3.